The van der Waals surface area contributed by atoms with Crippen LogP contribution in [0.2, 0.25) is 0 Å². The topological polar surface area (TPSA) is 3.24 Å². The van der Waals surface area contributed by atoms with Crippen LogP contribution < -0.4 is 0 Å². The fourth-order valence-corrected chi connectivity index (χ4v) is 0.702. The van der Waals surface area contributed by atoms with Gasteiger partial charge in [-0.05, 0) is 14.1 Å². The molecule has 0 saturated carbocycles. The molecule has 11 heavy (non-hydrogen) atoms. The highest BCUT2D eigenvalue weighted by Gasteiger charge is 2.41. The summed E-state index contributed by atoms with van der Waals surface area (Å²) in [5, 5.41) is 0. The number of halogens is 5. The van der Waals surface area contributed by atoms with E-state index in [4.69, 9.17) is 23.2 Å². The molecule has 6 heteroatoms. The van der Waals surface area contributed by atoms with Crippen molar-refractivity contribution in [3.63, 3.8) is 0 Å². The maximum Gasteiger partial charge on any atom is 0.393 e. The first-order valence-corrected chi connectivity index (χ1v) is 3.53. The smallest absolute Gasteiger partial charge is 0.278 e. The second-order valence-corrected chi connectivity index (χ2v) is 3.80. The second kappa shape index (κ2) is 3.37. The van der Waals surface area contributed by atoms with Crippen LogP contribution >= 0.6 is 23.2 Å². The molecule has 0 amide bonds. The molecule has 1 nitrogen and oxygen atoms in total. The van der Waals surface area contributed by atoms with Crippen LogP contribution in [0.1, 0.15) is 6.42 Å². The monoisotopic (exact) mass is 209 g/mol. The lowest BCUT2D eigenvalue weighted by Crippen LogP contribution is -2.37. The van der Waals surface area contributed by atoms with Crippen molar-refractivity contribution in [3.05, 3.63) is 0 Å². The van der Waals surface area contributed by atoms with Crippen LogP contribution in [0, 0.1) is 0 Å². The lowest BCUT2D eigenvalue weighted by molar-refractivity contribution is -0.143. The lowest BCUT2D eigenvalue weighted by Gasteiger charge is -2.27. The minimum atomic E-state index is -4.34. The zero-order valence-electron chi connectivity index (χ0n) is 6.04. The Kier molecular flexibility index (Phi) is 3.47. The van der Waals surface area contributed by atoms with Gasteiger partial charge in [-0.3, -0.25) is 4.90 Å². The predicted octanol–water partition coefficient (Wildman–Crippen LogP) is 2.63. The van der Waals surface area contributed by atoms with Gasteiger partial charge in [-0.2, -0.15) is 13.2 Å². The van der Waals surface area contributed by atoms with E-state index in [1.807, 2.05) is 0 Å². The molecule has 68 valence electrons. The van der Waals surface area contributed by atoms with E-state index in [0.29, 0.717) is 0 Å². The number of hydrogen-bond donors (Lipinski definition) is 0. The maximum atomic E-state index is 11.7. The molecule has 0 N–H and O–H groups in total. The minimum Gasteiger partial charge on any atom is -0.278 e. The minimum absolute atomic E-state index is 1.10. The fraction of sp³-hybridized carbons (Fsp3) is 1.00. The first-order valence-electron chi connectivity index (χ1n) is 2.77. The van der Waals surface area contributed by atoms with Crippen LogP contribution in [0.25, 0.3) is 0 Å². The summed E-state index contributed by atoms with van der Waals surface area (Å²) in [7, 11) is 2.76. The molecule has 0 saturated heterocycles. The molecule has 0 unspecified atom stereocenters. The van der Waals surface area contributed by atoms with Crippen LogP contribution in [-0.2, 0) is 0 Å². The average Bonchev–Trinajstić information content (AvgIpc) is 1.56. The molecule has 0 heterocycles. The van der Waals surface area contributed by atoms with Crippen molar-refractivity contribution in [1.82, 2.24) is 4.90 Å². The summed E-state index contributed by atoms with van der Waals surface area (Å²) in [4.78, 5) is 1.10. The molecule has 0 radical (unpaired) electrons. The highest BCUT2D eigenvalue weighted by molar-refractivity contribution is 6.47. The van der Waals surface area contributed by atoms with Crippen LogP contribution in [0.15, 0.2) is 0 Å². The number of rotatable bonds is 2. The summed E-state index contributed by atoms with van der Waals surface area (Å²) in [5.41, 5.74) is 0. The van der Waals surface area contributed by atoms with Crippen molar-refractivity contribution < 1.29 is 13.2 Å². The molecule has 0 aromatic heterocycles. The quantitative estimate of drug-likeness (QED) is 0.500. The van der Waals surface area contributed by atoms with Crippen molar-refractivity contribution in [1.29, 1.82) is 0 Å². The molecule has 0 bridgehead atoms. The first-order chi connectivity index (χ1) is 4.65. The number of nitrogens with zero attached hydrogens (tertiary/aromatic N) is 1. The lowest BCUT2D eigenvalue weighted by atomic mass is 10.4. The zero-order chi connectivity index (χ0) is 9.28. The molecular formula is C5H8Cl2F3N. The van der Waals surface area contributed by atoms with Gasteiger partial charge < -0.3 is 0 Å². The van der Waals surface area contributed by atoms with Crippen LogP contribution in [-0.4, -0.2) is 29.6 Å². The summed E-state index contributed by atoms with van der Waals surface area (Å²) in [6, 6.07) is 0. The van der Waals surface area contributed by atoms with E-state index >= 15 is 0 Å². The summed E-state index contributed by atoms with van der Waals surface area (Å²) < 4.78 is 33.3. The Balaban J connectivity index is 4.13. The Bertz CT molecular complexity index is 132. The Hall–Kier alpha value is 0.330. The van der Waals surface area contributed by atoms with E-state index in [2.05, 4.69) is 0 Å². The third-order valence-electron chi connectivity index (χ3n) is 1.07. The molecular weight excluding hydrogens is 202 g/mol. The van der Waals surface area contributed by atoms with Crippen molar-refractivity contribution >= 4 is 23.2 Å². The maximum absolute atomic E-state index is 11.7. The zero-order valence-corrected chi connectivity index (χ0v) is 7.56. The van der Waals surface area contributed by atoms with Crippen LogP contribution in [0.4, 0.5) is 13.2 Å². The first kappa shape index (κ1) is 11.3. The van der Waals surface area contributed by atoms with Gasteiger partial charge in [-0.1, -0.05) is 23.2 Å². The van der Waals surface area contributed by atoms with Crippen molar-refractivity contribution in [2.75, 3.05) is 14.1 Å². The Morgan fingerprint density at radius 3 is 1.64 bits per heavy atom. The van der Waals surface area contributed by atoms with E-state index in [9.17, 15) is 13.2 Å². The molecule has 0 aromatic carbocycles. The van der Waals surface area contributed by atoms with Crippen LogP contribution in [0.3, 0.4) is 0 Å². The normalized spacial score (nSPS) is 14.2. The summed E-state index contributed by atoms with van der Waals surface area (Å²) in [6.07, 6.45) is -5.58. The van der Waals surface area contributed by atoms with Gasteiger partial charge in [0.1, 0.15) is 0 Å². The third kappa shape index (κ3) is 4.71. The van der Waals surface area contributed by atoms with E-state index < -0.39 is 17.1 Å². The largest absolute Gasteiger partial charge is 0.393 e. The van der Waals surface area contributed by atoms with Gasteiger partial charge in [0, 0.05) is 0 Å². The van der Waals surface area contributed by atoms with E-state index in [1.54, 1.807) is 0 Å². The van der Waals surface area contributed by atoms with Crippen LogP contribution in [0.5, 0.6) is 0 Å². The van der Waals surface area contributed by atoms with Gasteiger partial charge in [-0.25, -0.2) is 0 Å². The van der Waals surface area contributed by atoms with Gasteiger partial charge in [0.2, 0.25) is 0 Å². The Morgan fingerprint density at radius 2 is 1.55 bits per heavy atom. The molecule has 0 aliphatic carbocycles. The molecule has 0 aliphatic heterocycles. The number of alkyl halides is 5. The van der Waals surface area contributed by atoms with Gasteiger partial charge in [-0.15, -0.1) is 0 Å². The van der Waals surface area contributed by atoms with E-state index in [-0.39, 0.29) is 0 Å². The third-order valence-corrected chi connectivity index (χ3v) is 2.01. The molecule has 0 spiro atoms. The highest BCUT2D eigenvalue weighted by Crippen LogP contribution is 2.36. The highest BCUT2D eigenvalue weighted by atomic mass is 35.5. The molecule has 0 rings (SSSR count). The summed E-state index contributed by atoms with van der Waals surface area (Å²) in [5.74, 6) is 0. The standard InChI is InChI=1S/C5H8Cl2F3N/c1-11(2)4(6,7)3-5(8,9)10/h3H2,1-2H3. The molecule has 0 aromatic rings. The fourth-order valence-electron chi connectivity index (χ4n) is 0.399. The predicted molar refractivity (Wildman–Crippen MR) is 38.8 cm³/mol. The van der Waals surface area contributed by atoms with Gasteiger partial charge in [0.05, 0.1) is 6.42 Å². The SMILES string of the molecule is CN(C)C(Cl)(Cl)CC(F)(F)F. The van der Waals surface area contributed by atoms with Crippen molar-refractivity contribution in [2.24, 2.45) is 0 Å². The average molecular weight is 210 g/mol. The van der Waals surface area contributed by atoms with Crippen molar-refractivity contribution in [3.8, 4) is 0 Å². The van der Waals surface area contributed by atoms with E-state index in [1.165, 1.54) is 14.1 Å². The number of hydrogen-bond acceptors (Lipinski definition) is 1. The molecule has 0 aliphatic rings. The second-order valence-electron chi connectivity index (χ2n) is 2.35. The summed E-state index contributed by atoms with van der Waals surface area (Å²) in [6.45, 7) is 0. The van der Waals surface area contributed by atoms with Crippen molar-refractivity contribution in [2.45, 2.75) is 17.1 Å². The molecule has 0 atom stereocenters. The Morgan fingerprint density at radius 1 is 1.18 bits per heavy atom. The Labute approximate surface area is 73.1 Å². The van der Waals surface area contributed by atoms with Gasteiger partial charge in [0.15, 0.2) is 4.46 Å². The van der Waals surface area contributed by atoms with Gasteiger partial charge in [0.25, 0.3) is 0 Å². The van der Waals surface area contributed by atoms with Gasteiger partial charge >= 0.3 is 6.18 Å². The van der Waals surface area contributed by atoms with E-state index in [0.717, 1.165) is 4.90 Å². The summed E-state index contributed by atoms with van der Waals surface area (Å²) >= 11 is 10.7. The molecule has 0 fully saturated rings.